The van der Waals surface area contributed by atoms with Crippen molar-refractivity contribution in [2.24, 2.45) is 0 Å². The lowest BCUT2D eigenvalue weighted by atomic mass is 10.2. The molecule has 0 saturated carbocycles. The molecule has 0 fully saturated rings. The van der Waals surface area contributed by atoms with Gasteiger partial charge < -0.3 is 5.73 Å². The summed E-state index contributed by atoms with van der Waals surface area (Å²) in [4.78, 5) is 0. The Bertz CT molecular complexity index is 705. The van der Waals surface area contributed by atoms with Crippen molar-refractivity contribution in [2.45, 2.75) is 0 Å². The van der Waals surface area contributed by atoms with Gasteiger partial charge in [-0.05, 0) is 52.9 Å². The van der Waals surface area contributed by atoms with E-state index in [1.165, 1.54) is 0 Å². The van der Waals surface area contributed by atoms with Crippen molar-refractivity contribution in [3.8, 4) is 17.1 Å². The number of nitrogen functional groups attached to an aromatic ring is 1. The SMILES string of the molecule is Nc1ccc(-c2nnnn2-c2cccc(Cl)c2)cc1. The Kier molecular flexibility index (Phi) is 2.89. The first-order valence-electron chi connectivity index (χ1n) is 5.64. The molecule has 94 valence electrons. The number of nitrogens with two attached hydrogens (primary N) is 1. The fourth-order valence-corrected chi connectivity index (χ4v) is 1.97. The summed E-state index contributed by atoms with van der Waals surface area (Å²) in [5.74, 6) is 0.641. The van der Waals surface area contributed by atoms with Crippen molar-refractivity contribution in [3.05, 3.63) is 53.6 Å². The second-order valence-corrected chi connectivity index (χ2v) is 4.45. The number of benzene rings is 2. The molecule has 0 aliphatic rings. The quantitative estimate of drug-likeness (QED) is 0.727. The molecule has 5 nitrogen and oxygen atoms in total. The highest BCUT2D eigenvalue weighted by atomic mass is 35.5. The lowest BCUT2D eigenvalue weighted by Crippen LogP contribution is -1.99. The minimum Gasteiger partial charge on any atom is -0.399 e. The first-order valence-corrected chi connectivity index (χ1v) is 6.02. The van der Waals surface area contributed by atoms with Crippen LogP contribution in [0.5, 0.6) is 0 Å². The van der Waals surface area contributed by atoms with Crippen LogP contribution in [-0.2, 0) is 0 Å². The lowest BCUT2D eigenvalue weighted by molar-refractivity contribution is 0.791. The zero-order valence-corrected chi connectivity index (χ0v) is 10.6. The molecule has 6 heteroatoms. The molecule has 0 amide bonds. The van der Waals surface area contributed by atoms with Crippen molar-refractivity contribution in [3.63, 3.8) is 0 Å². The Hall–Kier alpha value is -2.40. The topological polar surface area (TPSA) is 69.6 Å². The van der Waals surface area contributed by atoms with Crippen LogP contribution in [0.4, 0.5) is 5.69 Å². The molecule has 3 aromatic rings. The van der Waals surface area contributed by atoms with E-state index >= 15 is 0 Å². The summed E-state index contributed by atoms with van der Waals surface area (Å²) in [7, 11) is 0. The zero-order chi connectivity index (χ0) is 13.2. The van der Waals surface area contributed by atoms with Crippen LogP contribution in [0.15, 0.2) is 48.5 Å². The van der Waals surface area contributed by atoms with E-state index < -0.39 is 0 Å². The van der Waals surface area contributed by atoms with Gasteiger partial charge in [0.05, 0.1) is 5.69 Å². The number of aromatic nitrogens is 4. The summed E-state index contributed by atoms with van der Waals surface area (Å²) in [6.07, 6.45) is 0. The number of tetrazole rings is 1. The first-order chi connectivity index (χ1) is 9.24. The number of nitrogens with zero attached hydrogens (tertiary/aromatic N) is 4. The molecule has 0 saturated heterocycles. The summed E-state index contributed by atoms with van der Waals surface area (Å²) >= 11 is 5.98. The van der Waals surface area contributed by atoms with Gasteiger partial charge in [0.1, 0.15) is 0 Å². The average Bonchev–Trinajstić information content (AvgIpc) is 2.89. The molecule has 0 bridgehead atoms. The third-order valence-corrected chi connectivity index (χ3v) is 2.93. The maximum atomic E-state index is 5.98. The molecule has 3 rings (SSSR count). The van der Waals surface area contributed by atoms with Gasteiger partial charge in [0.2, 0.25) is 0 Å². The van der Waals surface area contributed by atoms with Gasteiger partial charge in [-0.15, -0.1) is 5.10 Å². The Morgan fingerprint density at radius 1 is 1.05 bits per heavy atom. The van der Waals surface area contributed by atoms with E-state index in [2.05, 4.69) is 15.5 Å². The van der Waals surface area contributed by atoms with Crippen molar-refractivity contribution in [2.75, 3.05) is 5.73 Å². The molecular formula is C13H10ClN5. The summed E-state index contributed by atoms with van der Waals surface area (Å²) in [6, 6.07) is 14.7. The maximum Gasteiger partial charge on any atom is 0.187 e. The van der Waals surface area contributed by atoms with Crippen LogP contribution >= 0.6 is 11.6 Å². The van der Waals surface area contributed by atoms with Crippen LogP contribution in [0, 0.1) is 0 Å². The van der Waals surface area contributed by atoms with Gasteiger partial charge in [-0.1, -0.05) is 17.7 Å². The smallest absolute Gasteiger partial charge is 0.187 e. The largest absolute Gasteiger partial charge is 0.399 e. The number of hydrogen-bond acceptors (Lipinski definition) is 4. The van der Waals surface area contributed by atoms with Crippen molar-refractivity contribution < 1.29 is 0 Å². The van der Waals surface area contributed by atoms with Crippen molar-refractivity contribution >= 4 is 17.3 Å². The van der Waals surface area contributed by atoms with Gasteiger partial charge in [-0.25, -0.2) is 0 Å². The van der Waals surface area contributed by atoms with Crippen LogP contribution in [-0.4, -0.2) is 20.2 Å². The fraction of sp³-hybridized carbons (Fsp3) is 0. The maximum absolute atomic E-state index is 5.98. The van der Waals surface area contributed by atoms with Gasteiger partial charge in [0, 0.05) is 16.3 Å². The summed E-state index contributed by atoms with van der Waals surface area (Å²) in [5, 5.41) is 12.4. The van der Waals surface area contributed by atoms with Gasteiger partial charge in [0.15, 0.2) is 5.82 Å². The van der Waals surface area contributed by atoms with E-state index in [9.17, 15) is 0 Å². The first kappa shape index (κ1) is 11.7. The molecule has 0 spiro atoms. The third-order valence-electron chi connectivity index (χ3n) is 2.69. The van der Waals surface area contributed by atoms with Crippen molar-refractivity contribution in [1.82, 2.24) is 20.2 Å². The standard InChI is InChI=1S/C13H10ClN5/c14-10-2-1-3-12(8-10)19-13(16-17-18-19)9-4-6-11(15)7-5-9/h1-8H,15H2. The van der Waals surface area contributed by atoms with E-state index in [1.54, 1.807) is 16.8 Å². The predicted molar refractivity (Wildman–Crippen MR) is 74.0 cm³/mol. The summed E-state index contributed by atoms with van der Waals surface area (Å²) in [6.45, 7) is 0. The Morgan fingerprint density at radius 3 is 2.58 bits per heavy atom. The van der Waals surface area contributed by atoms with Gasteiger partial charge in [-0.3, -0.25) is 0 Å². The Balaban J connectivity index is 2.10. The summed E-state index contributed by atoms with van der Waals surface area (Å²) < 4.78 is 1.64. The molecule has 2 N–H and O–H groups in total. The monoisotopic (exact) mass is 271 g/mol. The number of anilines is 1. The molecule has 1 aromatic heterocycles. The molecule has 0 aliphatic heterocycles. The number of halogens is 1. The van der Waals surface area contributed by atoms with Gasteiger partial charge in [0.25, 0.3) is 0 Å². The van der Waals surface area contributed by atoms with Crippen molar-refractivity contribution in [1.29, 1.82) is 0 Å². The van der Waals surface area contributed by atoms with E-state index in [-0.39, 0.29) is 0 Å². The molecule has 2 aromatic carbocycles. The normalized spacial score (nSPS) is 10.6. The molecule has 1 heterocycles. The Labute approximate surface area is 114 Å². The molecule has 0 radical (unpaired) electrons. The average molecular weight is 272 g/mol. The van der Waals surface area contributed by atoms with Gasteiger partial charge >= 0.3 is 0 Å². The minimum atomic E-state index is 0.635. The number of rotatable bonds is 2. The highest BCUT2D eigenvalue weighted by Crippen LogP contribution is 2.21. The highest BCUT2D eigenvalue weighted by molar-refractivity contribution is 6.30. The zero-order valence-electron chi connectivity index (χ0n) is 9.86. The second-order valence-electron chi connectivity index (χ2n) is 4.02. The number of hydrogen-bond donors (Lipinski definition) is 1. The van der Waals surface area contributed by atoms with Crippen LogP contribution in [0.25, 0.3) is 17.1 Å². The van der Waals surface area contributed by atoms with E-state index in [0.29, 0.717) is 16.5 Å². The molecule has 19 heavy (non-hydrogen) atoms. The van der Waals surface area contributed by atoms with Crippen LogP contribution in [0.1, 0.15) is 0 Å². The fourth-order valence-electron chi connectivity index (χ4n) is 1.78. The van der Waals surface area contributed by atoms with Gasteiger partial charge in [-0.2, -0.15) is 4.68 Å². The molecule has 0 aliphatic carbocycles. The Morgan fingerprint density at radius 2 is 1.84 bits per heavy atom. The molecule has 0 unspecified atom stereocenters. The third kappa shape index (κ3) is 2.28. The molecular weight excluding hydrogens is 262 g/mol. The van der Waals surface area contributed by atoms with E-state index in [1.807, 2.05) is 36.4 Å². The molecule has 0 atom stereocenters. The van der Waals surface area contributed by atoms with E-state index in [0.717, 1.165) is 11.3 Å². The second kappa shape index (κ2) is 4.70. The lowest BCUT2D eigenvalue weighted by Gasteiger charge is -2.05. The highest BCUT2D eigenvalue weighted by Gasteiger charge is 2.10. The predicted octanol–water partition coefficient (Wildman–Crippen LogP) is 2.56. The van der Waals surface area contributed by atoms with E-state index in [4.69, 9.17) is 17.3 Å². The minimum absolute atomic E-state index is 0.635. The van der Waals surface area contributed by atoms with Crippen LogP contribution in [0.2, 0.25) is 5.02 Å². The summed E-state index contributed by atoms with van der Waals surface area (Å²) in [5.41, 5.74) is 8.07. The van der Waals surface area contributed by atoms with Crippen LogP contribution in [0.3, 0.4) is 0 Å². The van der Waals surface area contributed by atoms with Crippen LogP contribution < -0.4 is 5.73 Å².